The monoisotopic (exact) mass is 238 g/mol. The number of nitrogen functional groups attached to an aromatic ring is 1. The van der Waals surface area contributed by atoms with E-state index in [1.807, 2.05) is 11.7 Å². The van der Waals surface area contributed by atoms with Crippen LogP contribution in [-0.2, 0) is 13.5 Å². The highest BCUT2D eigenvalue weighted by molar-refractivity contribution is 5.65. The molecule has 0 bridgehead atoms. The second-order valence-electron chi connectivity index (χ2n) is 5.45. The van der Waals surface area contributed by atoms with Crippen molar-refractivity contribution >= 4 is 11.5 Å². The van der Waals surface area contributed by atoms with E-state index < -0.39 is 0 Å². The maximum atomic E-state index is 6.12. The Morgan fingerprint density at radius 1 is 1.35 bits per heavy atom. The molecule has 17 heavy (non-hydrogen) atoms. The van der Waals surface area contributed by atoms with Gasteiger partial charge in [-0.2, -0.15) is 5.10 Å². The largest absolute Gasteiger partial charge is 0.394 e. The Hall–Kier alpha value is -1.19. The summed E-state index contributed by atoms with van der Waals surface area (Å²) in [7, 11) is 1.94. The van der Waals surface area contributed by atoms with Crippen molar-refractivity contribution < 1.29 is 0 Å². The van der Waals surface area contributed by atoms with E-state index >= 15 is 0 Å². The quantitative estimate of drug-likeness (QED) is 0.801. The predicted octanol–water partition coefficient (Wildman–Crippen LogP) is 2.80. The number of nitrogens with zero attached hydrogens (tertiary/aromatic N) is 2. The molecule has 0 aromatic carbocycles. The molecule has 0 saturated heterocycles. The lowest BCUT2D eigenvalue weighted by molar-refractivity contribution is 0.376. The lowest BCUT2D eigenvalue weighted by atomic mass is 9.90. The second-order valence-corrected chi connectivity index (χ2v) is 5.45. The van der Waals surface area contributed by atoms with E-state index in [0.29, 0.717) is 0 Å². The summed E-state index contributed by atoms with van der Waals surface area (Å²) in [6.07, 6.45) is 3.15. The number of aromatic nitrogens is 2. The predicted molar refractivity (Wildman–Crippen MR) is 74.2 cm³/mol. The first-order valence-electron chi connectivity index (χ1n) is 6.46. The molecule has 0 spiro atoms. The van der Waals surface area contributed by atoms with E-state index in [-0.39, 0.29) is 5.41 Å². The summed E-state index contributed by atoms with van der Waals surface area (Å²) in [5.74, 6) is 0.954. The molecule has 4 heteroatoms. The van der Waals surface area contributed by atoms with Crippen LogP contribution in [0.1, 0.15) is 46.2 Å². The van der Waals surface area contributed by atoms with Gasteiger partial charge in [-0.15, -0.1) is 0 Å². The maximum absolute atomic E-state index is 6.12. The van der Waals surface area contributed by atoms with Crippen molar-refractivity contribution in [3.05, 3.63) is 5.69 Å². The normalized spacial score (nSPS) is 11.8. The third-order valence-electron chi connectivity index (χ3n) is 3.34. The van der Waals surface area contributed by atoms with E-state index in [0.717, 1.165) is 43.0 Å². The van der Waals surface area contributed by atoms with Crippen LogP contribution >= 0.6 is 0 Å². The minimum Gasteiger partial charge on any atom is -0.394 e. The average Bonchev–Trinajstić information content (AvgIpc) is 2.53. The van der Waals surface area contributed by atoms with Gasteiger partial charge in [-0.1, -0.05) is 34.1 Å². The van der Waals surface area contributed by atoms with E-state index in [9.17, 15) is 0 Å². The molecule has 0 amide bonds. The van der Waals surface area contributed by atoms with Crippen LogP contribution in [0.3, 0.4) is 0 Å². The lowest BCUT2D eigenvalue weighted by Gasteiger charge is -2.23. The van der Waals surface area contributed by atoms with E-state index in [1.54, 1.807) is 0 Å². The highest BCUT2D eigenvalue weighted by atomic mass is 15.3. The van der Waals surface area contributed by atoms with Gasteiger partial charge in [-0.25, -0.2) is 0 Å². The molecule has 4 nitrogen and oxygen atoms in total. The van der Waals surface area contributed by atoms with E-state index in [4.69, 9.17) is 5.73 Å². The number of aryl methyl sites for hydroxylation is 2. The SMILES string of the molecule is CCCc1nn(C)c(NCC(C)(C)CC)c1N. The van der Waals surface area contributed by atoms with Crippen LogP contribution in [0, 0.1) is 5.41 Å². The van der Waals surface area contributed by atoms with Gasteiger partial charge in [0, 0.05) is 13.6 Å². The summed E-state index contributed by atoms with van der Waals surface area (Å²) in [4.78, 5) is 0. The van der Waals surface area contributed by atoms with Crippen molar-refractivity contribution in [2.45, 2.75) is 47.0 Å². The van der Waals surface area contributed by atoms with Crippen molar-refractivity contribution in [3.8, 4) is 0 Å². The third kappa shape index (κ3) is 3.38. The smallest absolute Gasteiger partial charge is 0.147 e. The second kappa shape index (κ2) is 5.43. The van der Waals surface area contributed by atoms with Crippen molar-refractivity contribution in [2.75, 3.05) is 17.6 Å². The van der Waals surface area contributed by atoms with Gasteiger partial charge in [0.15, 0.2) is 0 Å². The minimum atomic E-state index is 0.279. The average molecular weight is 238 g/mol. The van der Waals surface area contributed by atoms with Crippen LogP contribution in [0.5, 0.6) is 0 Å². The molecule has 1 heterocycles. The van der Waals surface area contributed by atoms with E-state index in [1.165, 1.54) is 0 Å². The summed E-state index contributed by atoms with van der Waals surface area (Å²) >= 11 is 0. The fourth-order valence-electron chi connectivity index (χ4n) is 1.68. The zero-order chi connectivity index (χ0) is 13.1. The van der Waals surface area contributed by atoms with Crippen LogP contribution < -0.4 is 11.1 Å². The Bertz CT molecular complexity index is 366. The van der Waals surface area contributed by atoms with Gasteiger partial charge in [0.05, 0.1) is 11.4 Å². The summed E-state index contributed by atoms with van der Waals surface area (Å²) in [6.45, 7) is 9.76. The van der Waals surface area contributed by atoms with Gasteiger partial charge >= 0.3 is 0 Å². The Kier molecular flexibility index (Phi) is 4.43. The van der Waals surface area contributed by atoms with Gasteiger partial charge < -0.3 is 11.1 Å². The first-order valence-corrected chi connectivity index (χ1v) is 6.46. The summed E-state index contributed by atoms with van der Waals surface area (Å²) in [5, 5.41) is 7.88. The Morgan fingerprint density at radius 2 is 2.00 bits per heavy atom. The van der Waals surface area contributed by atoms with Gasteiger partial charge in [-0.3, -0.25) is 4.68 Å². The van der Waals surface area contributed by atoms with Gasteiger partial charge in [0.1, 0.15) is 5.82 Å². The molecule has 0 fully saturated rings. The maximum Gasteiger partial charge on any atom is 0.147 e. The van der Waals surface area contributed by atoms with Gasteiger partial charge in [-0.05, 0) is 18.3 Å². The molecular weight excluding hydrogens is 212 g/mol. The lowest BCUT2D eigenvalue weighted by Crippen LogP contribution is -2.23. The zero-order valence-corrected chi connectivity index (χ0v) is 11.8. The Morgan fingerprint density at radius 3 is 2.53 bits per heavy atom. The number of hydrogen-bond donors (Lipinski definition) is 2. The zero-order valence-electron chi connectivity index (χ0n) is 11.8. The molecule has 0 unspecified atom stereocenters. The fraction of sp³-hybridized carbons (Fsp3) is 0.769. The highest BCUT2D eigenvalue weighted by Gasteiger charge is 2.18. The standard InChI is InChI=1S/C13H26N4/c1-6-8-10-11(14)12(17(5)16-10)15-9-13(3,4)7-2/h15H,6-9,14H2,1-5H3. The van der Waals surface area contributed by atoms with E-state index in [2.05, 4.69) is 38.1 Å². The number of anilines is 2. The highest BCUT2D eigenvalue weighted by Crippen LogP contribution is 2.26. The summed E-state index contributed by atoms with van der Waals surface area (Å²) in [6, 6.07) is 0. The summed E-state index contributed by atoms with van der Waals surface area (Å²) in [5.41, 5.74) is 8.21. The van der Waals surface area contributed by atoms with Gasteiger partial charge in [0.2, 0.25) is 0 Å². The van der Waals surface area contributed by atoms with Crippen molar-refractivity contribution in [2.24, 2.45) is 12.5 Å². The molecule has 98 valence electrons. The number of rotatable bonds is 6. The number of nitrogens with one attached hydrogen (secondary N) is 1. The van der Waals surface area contributed by atoms with Crippen LogP contribution in [0.2, 0.25) is 0 Å². The molecule has 0 radical (unpaired) electrons. The van der Waals surface area contributed by atoms with Crippen molar-refractivity contribution in [1.82, 2.24) is 9.78 Å². The molecule has 0 aliphatic heterocycles. The molecule has 0 atom stereocenters. The van der Waals surface area contributed by atoms with Crippen molar-refractivity contribution in [1.29, 1.82) is 0 Å². The Balaban J connectivity index is 2.77. The molecule has 1 rings (SSSR count). The number of nitrogens with two attached hydrogens (primary N) is 1. The molecular formula is C13H26N4. The first-order chi connectivity index (χ1) is 7.91. The third-order valence-corrected chi connectivity index (χ3v) is 3.34. The topological polar surface area (TPSA) is 55.9 Å². The molecule has 1 aromatic heterocycles. The molecule has 1 aromatic rings. The first kappa shape index (κ1) is 13.9. The van der Waals surface area contributed by atoms with Crippen molar-refractivity contribution in [3.63, 3.8) is 0 Å². The van der Waals surface area contributed by atoms with Crippen LogP contribution in [-0.4, -0.2) is 16.3 Å². The number of hydrogen-bond acceptors (Lipinski definition) is 3. The summed E-state index contributed by atoms with van der Waals surface area (Å²) < 4.78 is 1.85. The van der Waals surface area contributed by atoms with Crippen LogP contribution in [0.4, 0.5) is 11.5 Å². The molecule has 3 N–H and O–H groups in total. The molecule has 0 saturated carbocycles. The Labute approximate surface area is 105 Å². The van der Waals surface area contributed by atoms with Crippen LogP contribution in [0.15, 0.2) is 0 Å². The minimum absolute atomic E-state index is 0.279. The van der Waals surface area contributed by atoms with Crippen LogP contribution in [0.25, 0.3) is 0 Å². The van der Waals surface area contributed by atoms with Gasteiger partial charge in [0.25, 0.3) is 0 Å². The molecule has 0 aliphatic rings. The molecule has 0 aliphatic carbocycles. The fourth-order valence-corrected chi connectivity index (χ4v) is 1.68.